The number of hydrogen-bond acceptors (Lipinski definition) is 1. The van der Waals surface area contributed by atoms with Crippen molar-refractivity contribution in [2.75, 3.05) is 0 Å². The quantitative estimate of drug-likeness (QED) is 0.501. The lowest BCUT2D eigenvalue weighted by molar-refractivity contribution is 0.215. The van der Waals surface area contributed by atoms with Crippen molar-refractivity contribution in [3.8, 4) is 6.07 Å². The van der Waals surface area contributed by atoms with Crippen LogP contribution in [0.5, 0.6) is 0 Å². The molecule has 0 aromatic rings. The Morgan fingerprint density at radius 3 is 2.50 bits per heavy atom. The van der Waals surface area contributed by atoms with Crippen LogP contribution in [-0.2, 0) is 0 Å². The Bertz CT molecular complexity index is 282. The van der Waals surface area contributed by atoms with Gasteiger partial charge in [-0.1, -0.05) is 26.0 Å². The molecule has 0 heterocycles. The van der Waals surface area contributed by atoms with E-state index in [-0.39, 0.29) is 10.8 Å². The van der Waals surface area contributed by atoms with Crippen LogP contribution in [0.4, 0.5) is 0 Å². The van der Waals surface area contributed by atoms with Crippen LogP contribution in [0.25, 0.3) is 0 Å². The zero-order valence-electron chi connectivity index (χ0n) is 7.85. The molecule has 2 aliphatic rings. The Balaban J connectivity index is 2.55. The molecular weight excluding hydrogens is 146 g/mol. The number of nitrogens with zero attached hydrogens (tertiary/aromatic N) is 1. The highest BCUT2D eigenvalue weighted by Gasteiger charge is 2.61. The third-order valence-corrected chi connectivity index (χ3v) is 4.28. The molecule has 0 aromatic carbocycles. The van der Waals surface area contributed by atoms with E-state index in [2.05, 4.69) is 26.5 Å². The van der Waals surface area contributed by atoms with Gasteiger partial charge in [0.15, 0.2) is 0 Å². The van der Waals surface area contributed by atoms with Crippen LogP contribution in [0.1, 0.15) is 33.1 Å². The second kappa shape index (κ2) is 1.93. The predicted molar refractivity (Wildman–Crippen MR) is 48.3 cm³/mol. The lowest BCUT2D eigenvalue weighted by Gasteiger charge is -2.31. The molecule has 2 aliphatic carbocycles. The summed E-state index contributed by atoms with van der Waals surface area (Å²) in [5, 5.41) is 9.24. The number of nitriles is 1. The number of rotatable bonds is 0. The predicted octanol–water partition coefficient (Wildman–Crippen LogP) is 2.89. The zero-order valence-corrected chi connectivity index (χ0v) is 7.85. The van der Waals surface area contributed by atoms with E-state index in [0.29, 0.717) is 5.92 Å². The van der Waals surface area contributed by atoms with E-state index in [1.807, 2.05) is 0 Å². The van der Waals surface area contributed by atoms with Gasteiger partial charge in [-0.2, -0.15) is 5.26 Å². The van der Waals surface area contributed by atoms with Crippen LogP contribution in [-0.4, -0.2) is 0 Å². The van der Waals surface area contributed by atoms with E-state index < -0.39 is 0 Å². The topological polar surface area (TPSA) is 23.8 Å². The second-order valence-corrected chi connectivity index (χ2v) is 4.78. The molecule has 2 rings (SSSR count). The molecule has 0 aliphatic heterocycles. The van der Waals surface area contributed by atoms with E-state index in [0.717, 1.165) is 12.8 Å². The van der Waals surface area contributed by atoms with E-state index in [4.69, 9.17) is 0 Å². The Morgan fingerprint density at radius 1 is 1.58 bits per heavy atom. The average molecular weight is 161 g/mol. The van der Waals surface area contributed by atoms with Gasteiger partial charge < -0.3 is 0 Å². The minimum atomic E-state index is -0.183. The first-order valence-corrected chi connectivity index (χ1v) is 4.64. The smallest absolute Gasteiger partial charge is 0.0833 e. The molecule has 1 heteroatoms. The van der Waals surface area contributed by atoms with Gasteiger partial charge in [0.25, 0.3) is 0 Å². The Morgan fingerprint density at radius 2 is 2.25 bits per heavy atom. The normalized spacial score (nSPS) is 43.1. The van der Waals surface area contributed by atoms with Gasteiger partial charge in [-0.25, -0.2) is 0 Å². The average Bonchev–Trinajstić information content (AvgIpc) is 2.36. The highest BCUT2D eigenvalue weighted by Crippen LogP contribution is 2.67. The third kappa shape index (κ3) is 0.566. The minimum Gasteiger partial charge on any atom is -0.197 e. The van der Waals surface area contributed by atoms with Crippen LogP contribution in [0.3, 0.4) is 0 Å². The SMILES string of the molecule is C=C1CC2CCC1(C#N)C2(C)C. The van der Waals surface area contributed by atoms with Crippen LogP contribution in [0.2, 0.25) is 0 Å². The van der Waals surface area contributed by atoms with Crippen molar-refractivity contribution in [2.45, 2.75) is 33.1 Å². The minimum absolute atomic E-state index is 0.179. The third-order valence-electron chi connectivity index (χ3n) is 4.28. The zero-order chi connectivity index (χ0) is 8.98. The largest absolute Gasteiger partial charge is 0.197 e. The highest BCUT2D eigenvalue weighted by atomic mass is 14.6. The summed E-state index contributed by atoms with van der Waals surface area (Å²) in [6, 6.07) is 2.51. The van der Waals surface area contributed by atoms with Crippen molar-refractivity contribution in [1.29, 1.82) is 5.26 Å². The number of hydrogen-bond donors (Lipinski definition) is 0. The Hall–Kier alpha value is -0.770. The standard InChI is InChI=1S/C11H15N/c1-8-6-9-4-5-11(8,7-12)10(9,2)3/h9H,1,4-6H2,2-3H3. The van der Waals surface area contributed by atoms with Crippen LogP contribution in [0.15, 0.2) is 12.2 Å². The first-order valence-electron chi connectivity index (χ1n) is 4.64. The fourth-order valence-electron chi connectivity index (χ4n) is 3.16. The molecule has 0 amide bonds. The molecule has 2 bridgehead atoms. The first-order chi connectivity index (χ1) is 5.54. The Labute approximate surface area is 74.1 Å². The molecule has 1 nitrogen and oxygen atoms in total. The molecule has 2 unspecified atom stereocenters. The van der Waals surface area contributed by atoms with Gasteiger partial charge in [0, 0.05) is 0 Å². The summed E-state index contributed by atoms with van der Waals surface area (Å²) in [4.78, 5) is 0. The maximum absolute atomic E-state index is 9.24. The van der Waals surface area contributed by atoms with E-state index in [9.17, 15) is 5.26 Å². The molecule has 0 saturated heterocycles. The van der Waals surface area contributed by atoms with Crippen LogP contribution < -0.4 is 0 Å². The summed E-state index contributed by atoms with van der Waals surface area (Å²) in [7, 11) is 0. The molecule has 64 valence electrons. The Kier molecular flexibility index (Phi) is 1.27. The van der Waals surface area contributed by atoms with Crippen molar-refractivity contribution in [1.82, 2.24) is 0 Å². The van der Waals surface area contributed by atoms with E-state index in [1.54, 1.807) is 0 Å². The highest BCUT2D eigenvalue weighted by molar-refractivity contribution is 5.35. The molecule has 2 atom stereocenters. The molecule has 0 radical (unpaired) electrons. The molecule has 2 fully saturated rings. The van der Waals surface area contributed by atoms with Crippen molar-refractivity contribution in [3.05, 3.63) is 12.2 Å². The molecule has 0 N–H and O–H groups in total. The van der Waals surface area contributed by atoms with Crippen LogP contribution in [0, 0.1) is 28.1 Å². The van der Waals surface area contributed by atoms with Gasteiger partial charge >= 0.3 is 0 Å². The van der Waals surface area contributed by atoms with Crippen LogP contribution >= 0.6 is 0 Å². The fraction of sp³-hybridized carbons (Fsp3) is 0.727. The summed E-state index contributed by atoms with van der Waals surface area (Å²) >= 11 is 0. The molecular formula is C11H15N. The van der Waals surface area contributed by atoms with Crippen molar-refractivity contribution in [2.24, 2.45) is 16.7 Å². The number of allylic oxidation sites excluding steroid dienone is 1. The molecule has 2 saturated carbocycles. The maximum Gasteiger partial charge on any atom is 0.0833 e. The lowest BCUT2D eigenvalue weighted by atomic mass is 9.69. The lowest BCUT2D eigenvalue weighted by Crippen LogP contribution is -2.29. The van der Waals surface area contributed by atoms with Gasteiger partial charge in [0.2, 0.25) is 0 Å². The summed E-state index contributed by atoms with van der Waals surface area (Å²) < 4.78 is 0. The molecule has 0 aromatic heterocycles. The molecule has 0 spiro atoms. The van der Waals surface area contributed by atoms with Gasteiger partial charge in [-0.15, -0.1) is 0 Å². The van der Waals surface area contributed by atoms with Gasteiger partial charge in [0.1, 0.15) is 0 Å². The number of fused-ring (bicyclic) bond motifs is 2. The summed E-state index contributed by atoms with van der Waals surface area (Å²) in [6.45, 7) is 8.51. The molecule has 12 heavy (non-hydrogen) atoms. The van der Waals surface area contributed by atoms with E-state index >= 15 is 0 Å². The van der Waals surface area contributed by atoms with E-state index in [1.165, 1.54) is 12.0 Å². The van der Waals surface area contributed by atoms with Crippen molar-refractivity contribution < 1.29 is 0 Å². The van der Waals surface area contributed by atoms with Gasteiger partial charge in [-0.3, -0.25) is 0 Å². The van der Waals surface area contributed by atoms with Crippen molar-refractivity contribution >= 4 is 0 Å². The summed E-state index contributed by atoms with van der Waals surface area (Å²) in [5.74, 6) is 0.713. The monoisotopic (exact) mass is 161 g/mol. The summed E-state index contributed by atoms with van der Waals surface area (Å²) in [5.41, 5.74) is 1.18. The van der Waals surface area contributed by atoms with Crippen molar-refractivity contribution in [3.63, 3.8) is 0 Å². The van der Waals surface area contributed by atoms with Gasteiger partial charge in [0.05, 0.1) is 11.5 Å². The first kappa shape index (κ1) is 7.86. The maximum atomic E-state index is 9.24. The second-order valence-electron chi connectivity index (χ2n) is 4.78. The fourth-order valence-corrected chi connectivity index (χ4v) is 3.16. The summed E-state index contributed by atoms with van der Waals surface area (Å²) in [6.07, 6.45) is 3.35. The van der Waals surface area contributed by atoms with Gasteiger partial charge in [-0.05, 0) is 30.6 Å².